The van der Waals surface area contributed by atoms with E-state index in [1.165, 1.54) is 19.3 Å². The highest BCUT2D eigenvalue weighted by Gasteiger charge is 2.26. The maximum absolute atomic E-state index is 11.6. The third kappa shape index (κ3) is 3.22. The molecule has 0 saturated heterocycles. The molecule has 2 unspecified atom stereocenters. The molecule has 1 amide bonds. The maximum atomic E-state index is 11.6. The summed E-state index contributed by atoms with van der Waals surface area (Å²) in [5.41, 5.74) is 0. The second-order valence-electron chi connectivity index (χ2n) is 4.46. The van der Waals surface area contributed by atoms with Gasteiger partial charge >= 0.3 is 5.97 Å². The lowest BCUT2D eigenvalue weighted by atomic mass is 9.85. The predicted molar refractivity (Wildman–Crippen MR) is 56.3 cm³/mol. The van der Waals surface area contributed by atoms with Crippen LogP contribution in [0.4, 0.5) is 0 Å². The highest BCUT2D eigenvalue weighted by atomic mass is 16.4. The van der Waals surface area contributed by atoms with Crippen molar-refractivity contribution >= 4 is 11.9 Å². The minimum Gasteiger partial charge on any atom is -0.481 e. The van der Waals surface area contributed by atoms with Crippen molar-refractivity contribution in [2.75, 3.05) is 6.54 Å². The van der Waals surface area contributed by atoms with Crippen LogP contribution >= 0.6 is 0 Å². The molecule has 1 saturated carbocycles. The van der Waals surface area contributed by atoms with Gasteiger partial charge in [-0.1, -0.05) is 20.3 Å². The van der Waals surface area contributed by atoms with E-state index in [9.17, 15) is 9.59 Å². The van der Waals surface area contributed by atoms with Crippen molar-refractivity contribution in [1.82, 2.24) is 5.32 Å². The second-order valence-corrected chi connectivity index (χ2v) is 4.46. The standard InChI is InChI=1S/C11H19NO3/c1-7(8(2)11(14)15)10(13)12-6-9-4-3-5-9/h7-9H,3-6H2,1-2H3,(H,12,13)(H,14,15). The minimum absolute atomic E-state index is 0.142. The van der Waals surface area contributed by atoms with E-state index in [4.69, 9.17) is 5.11 Å². The Labute approximate surface area is 90.0 Å². The zero-order valence-corrected chi connectivity index (χ0v) is 9.32. The Kier molecular flexibility index (Phi) is 4.12. The van der Waals surface area contributed by atoms with Gasteiger partial charge in [0.15, 0.2) is 0 Å². The zero-order chi connectivity index (χ0) is 11.4. The Balaban J connectivity index is 2.28. The van der Waals surface area contributed by atoms with E-state index < -0.39 is 17.8 Å². The van der Waals surface area contributed by atoms with Gasteiger partial charge in [0.25, 0.3) is 0 Å². The molecule has 1 aliphatic rings. The van der Waals surface area contributed by atoms with Crippen molar-refractivity contribution in [3.8, 4) is 0 Å². The molecule has 0 aliphatic heterocycles. The summed E-state index contributed by atoms with van der Waals surface area (Å²) in [7, 11) is 0. The first kappa shape index (κ1) is 12.0. The summed E-state index contributed by atoms with van der Waals surface area (Å²) in [6.07, 6.45) is 3.62. The van der Waals surface area contributed by atoms with Gasteiger partial charge in [-0.2, -0.15) is 0 Å². The fraction of sp³-hybridized carbons (Fsp3) is 0.818. The Morgan fingerprint density at radius 1 is 1.33 bits per heavy atom. The molecule has 0 spiro atoms. The van der Waals surface area contributed by atoms with Crippen LogP contribution in [0, 0.1) is 17.8 Å². The maximum Gasteiger partial charge on any atom is 0.307 e. The van der Waals surface area contributed by atoms with Crippen molar-refractivity contribution in [1.29, 1.82) is 0 Å². The molecule has 2 N–H and O–H groups in total. The molecule has 4 heteroatoms. The number of rotatable bonds is 5. The van der Waals surface area contributed by atoms with Crippen molar-refractivity contribution in [2.24, 2.45) is 17.8 Å². The molecule has 4 nitrogen and oxygen atoms in total. The molecular formula is C11H19NO3. The van der Waals surface area contributed by atoms with E-state index in [0.717, 1.165) is 0 Å². The van der Waals surface area contributed by atoms with Gasteiger partial charge in [-0.25, -0.2) is 0 Å². The Hall–Kier alpha value is -1.06. The number of carbonyl (C=O) groups excluding carboxylic acids is 1. The van der Waals surface area contributed by atoms with Crippen LogP contribution in [0.1, 0.15) is 33.1 Å². The summed E-state index contributed by atoms with van der Waals surface area (Å²) in [5.74, 6) is -1.52. The van der Waals surface area contributed by atoms with Gasteiger partial charge in [0, 0.05) is 12.5 Å². The number of carboxylic acid groups (broad SMARTS) is 1. The average molecular weight is 213 g/mol. The second kappa shape index (κ2) is 5.14. The van der Waals surface area contributed by atoms with Gasteiger partial charge in [-0.15, -0.1) is 0 Å². The summed E-state index contributed by atoms with van der Waals surface area (Å²) < 4.78 is 0. The smallest absolute Gasteiger partial charge is 0.307 e. The Morgan fingerprint density at radius 2 is 1.93 bits per heavy atom. The van der Waals surface area contributed by atoms with Crippen LogP contribution in [0.5, 0.6) is 0 Å². The molecule has 0 bridgehead atoms. The molecule has 0 aromatic rings. The normalized spacial score (nSPS) is 20.1. The molecule has 86 valence electrons. The SMILES string of the molecule is CC(C(=O)O)C(C)C(=O)NCC1CCC1. The highest BCUT2D eigenvalue weighted by Crippen LogP contribution is 2.25. The molecule has 0 aromatic heterocycles. The quantitative estimate of drug-likeness (QED) is 0.722. The number of nitrogens with one attached hydrogen (secondary N) is 1. The van der Waals surface area contributed by atoms with E-state index >= 15 is 0 Å². The first-order chi connectivity index (χ1) is 7.02. The topological polar surface area (TPSA) is 66.4 Å². The number of hydrogen-bond donors (Lipinski definition) is 2. The molecular weight excluding hydrogens is 194 g/mol. The van der Waals surface area contributed by atoms with E-state index in [1.807, 2.05) is 0 Å². The molecule has 0 radical (unpaired) electrons. The van der Waals surface area contributed by atoms with E-state index in [2.05, 4.69) is 5.32 Å². The number of amides is 1. The summed E-state index contributed by atoms with van der Waals surface area (Å²) in [5, 5.41) is 11.6. The molecule has 15 heavy (non-hydrogen) atoms. The van der Waals surface area contributed by atoms with Crippen molar-refractivity contribution < 1.29 is 14.7 Å². The van der Waals surface area contributed by atoms with E-state index in [-0.39, 0.29) is 5.91 Å². The van der Waals surface area contributed by atoms with Crippen LogP contribution in [-0.2, 0) is 9.59 Å². The largest absolute Gasteiger partial charge is 0.481 e. The van der Waals surface area contributed by atoms with Gasteiger partial charge in [-0.3, -0.25) is 9.59 Å². The van der Waals surface area contributed by atoms with Crippen LogP contribution in [0.2, 0.25) is 0 Å². The third-order valence-electron chi connectivity index (χ3n) is 3.34. The number of carbonyl (C=O) groups is 2. The van der Waals surface area contributed by atoms with Crippen molar-refractivity contribution in [3.05, 3.63) is 0 Å². The lowest BCUT2D eigenvalue weighted by Crippen LogP contribution is -2.38. The molecule has 1 rings (SSSR count). The first-order valence-corrected chi connectivity index (χ1v) is 5.53. The van der Waals surface area contributed by atoms with Crippen LogP contribution in [-0.4, -0.2) is 23.5 Å². The lowest BCUT2D eigenvalue weighted by Gasteiger charge is -2.26. The lowest BCUT2D eigenvalue weighted by molar-refractivity contribution is -0.146. The zero-order valence-electron chi connectivity index (χ0n) is 9.32. The van der Waals surface area contributed by atoms with Gasteiger partial charge < -0.3 is 10.4 Å². The molecule has 0 aromatic carbocycles. The average Bonchev–Trinajstić information content (AvgIpc) is 2.12. The third-order valence-corrected chi connectivity index (χ3v) is 3.34. The van der Waals surface area contributed by atoms with Crippen LogP contribution in [0.15, 0.2) is 0 Å². The van der Waals surface area contributed by atoms with E-state index in [1.54, 1.807) is 13.8 Å². The summed E-state index contributed by atoms with van der Waals surface area (Å²) in [6, 6.07) is 0. The Bertz CT molecular complexity index is 248. The fourth-order valence-corrected chi connectivity index (χ4v) is 1.54. The minimum atomic E-state index is -0.915. The molecule has 1 aliphatic carbocycles. The van der Waals surface area contributed by atoms with Gasteiger partial charge in [0.2, 0.25) is 5.91 Å². The molecule has 2 atom stereocenters. The van der Waals surface area contributed by atoms with Crippen LogP contribution < -0.4 is 5.32 Å². The van der Waals surface area contributed by atoms with Gasteiger partial charge in [-0.05, 0) is 18.8 Å². The van der Waals surface area contributed by atoms with E-state index in [0.29, 0.717) is 12.5 Å². The predicted octanol–water partition coefficient (Wildman–Crippen LogP) is 1.26. The number of hydrogen-bond acceptors (Lipinski definition) is 2. The molecule has 1 fully saturated rings. The van der Waals surface area contributed by atoms with Gasteiger partial charge in [0.1, 0.15) is 0 Å². The summed E-state index contributed by atoms with van der Waals surface area (Å²) in [4.78, 5) is 22.2. The van der Waals surface area contributed by atoms with Crippen LogP contribution in [0.3, 0.4) is 0 Å². The van der Waals surface area contributed by atoms with Crippen molar-refractivity contribution in [3.63, 3.8) is 0 Å². The first-order valence-electron chi connectivity index (χ1n) is 5.53. The highest BCUT2D eigenvalue weighted by molar-refractivity contribution is 5.84. The molecule has 0 heterocycles. The monoisotopic (exact) mass is 213 g/mol. The number of carboxylic acids is 1. The fourth-order valence-electron chi connectivity index (χ4n) is 1.54. The van der Waals surface area contributed by atoms with Crippen molar-refractivity contribution in [2.45, 2.75) is 33.1 Å². The van der Waals surface area contributed by atoms with Gasteiger partial charge in [0.05, 0.1) is 5.92 Å². The summed E-state index contributed by atoms with van der Waals surface area (Å²) >= 11 is 0. The number of aliphatic carboxylic acids is 1. The summed E-state index contributed by atoms with van der Waals surface area (Å²) in [6.45, 7) is 3.93. The Morgan fingerprint density at radius 3 is 2.33 bits per heavy atom. The van der Waals surface area contributed by atoms with Crippen LogP contribution in [0.25, 0.3) is 0 Å².